The maximum absolute atomic E-state index is 11.9. The quantitative estimate of drug-likeness (QED) is 0.596. The first-order valence-corrected chi connectivity index (χ1v) is 8.22. The minimum Gasteiger partial charge on any atom is -0.368 e. The van der Waals surface area contributed by atoms with Crippen LogP contribution in [0.3, 0.4) is 0 Å². The van der Waals surface area contributed by atoms with Gasteiger partial charge in [0, 0.05) is 5.69 Å². The van der Waals surface area contributed by atoms with E-state index in [1.165, 1.54) is 25.7 Å². The zero-order valence-electron chi connectivity index (χ0n) is 13.4. The van der Waals surface area contributed by atoms with Crippen molar-refractivity contribution in [2.24, 2.45) is 0 Å². The molecule has 1 atom stereocenters. The number of nitrogens with one attached hydrogen (secondary N) is 1. The highest BCUT2D eigenvalue weighted by Gasteiger charge is 2.10. The number of hydrogen-bond acceptors (Lipinski definition) is 2. The first kappa shape index (κ1) is 17.7. The fourth-order valence-electron chi connectivity index (χ4n) is 2.34. The van der Waals surface area contributed by atoms with Gasteiger partial charge in [-0.25, -0.2) is 0 Å². The molecule has 3 heteroatoms. The van der Waals surface area contributed by atoms with Crippen LogP contribution in [-0.2, 0) is 9.53 Å². The molecule has 0 aliphatic rings. The lowest BCUT2D eigenvalue weighted by Crippen LogP contribution is -2.23. The van der Waals surface area contributed by atoms with Gasteiger partial charge in [-0.05, 0) is 25.0 Å². The van der Waals surface area contributed by atoms with E-state index in [0.29, 0.717) is 0 Å². The lowest BCUT2D eigenvalue weighted by atomic mass is 10.1. The Morgan fingerprint density at radius 3 is 2.48 bits per heavy atom. The molecular formula is C18H29NO2. The van der Waals surface area contributed by atoms with Crippen LogP contribution in [-0.4, -0.2) is 18.6 Å². The number of unbranched alkanes of at least 4 members (excludes halogenated alkanes) is 3. The van der Waals surface area contributed by atoms with Crippen molar-refractivity contribution in [1.82, 2.24) is 0 Å². The molecule has 1 rings (SSSR count). The molecule has 0 bridgehead atoms. The maximum atomic E-state index is 11.9. The zero-order valence-corrected chi connectivity index (χ0v) is 13.4. The second-order valence-corrected chi connectivity index (χ2v) is 5.49. The summed E-state index contributed by atoms with van der Waals surface area (Å²) in [5.74, 6) is -0.0733. The van der Waals surface area contributed by atoms with Crippen LogP contribution in [0, 0.1) is 0 Å². The molecule has 21 heavy (non-hydrogen) atoms. The minimum atomic E-state index is -0.0733. The number of ether oxygens (including phenoxy) is 1. The monoisotopic (exact) mass is 291 g/mol. The van der Waals surface area contributed by atoms with Crippen molar-refractivity contribution in [3.8, 4) is 0 Å². The summed E-state index contributed by atoms with van der Waals surface area (Å²) in [5.41, 5.74) is 0.820. The Kier molecular flexibility index (Phi) is 9.55. The van der Waals surface area contributed by atoms with Crippen LogP contribution in [0.2, 0.25) is 0 Å². The second kappa shape index (κ2) is 11.3. The lowest BCUT2D eigenvalue weighted by Gasteiger charge is -2.17. The normalized spacial score (nSPS) is 12.1. The second-order valence-electron chi connectivity index (χ2n) is 5.49. The van der Waals surface area contributed by atoms with Gasteiger partial charge in [0.15, 0.2) is 0 Å². The molecule has 0 spiro atoms. The lowest BCUT2D eigenvalue weighted by molar-refractivity contribution is -0.122. The van der Waals surface area contributed by atoms with Gasteiger partial charge in [-0.15, -0.1) is 0 Å². The summed E-state index contributed by atoms with van der Waals surface area (Å²) < 4.78 is 5.78. The topological polar surface area (TPSA) is 38.3 Å². The van der Waals surface area contributed by atoms with Crippen molar-refractivity contribution in [2.45, 2.75) is 64.9 Å². The summed E-state index contributed by atoms with van der Waals surface area (Å²) in [6.45, 7) is 4.52. The Hall–Kier alpha value is -1.35. The van der Waals surface area contributed by atoms with Crippen molar-refractivity contribution in [3.05, 3.63) is 30.3 Å². The Labute approximate surface area is 129 Å². The molecule has 0 saturated heterocycles. The first-order chi connectivity index (χ1) is 10.3. The van der Waals surface area contributed by atoms with Crippen molar-refractivity contribution in [1.29, 1.82) is 0 Å². The fourth-order valence-corrected chi connectivity index (χ4v) is 2.34. The zero-order chi connectivity index (χ0) is 15.3. The van der Waals surface area contributed by atoms with E-state index in [9.17, 15) is 4.79 Å². The molecule has 0 heterocycles. The first-order valence-electron chi connectivity index (χ1n) is 8.22. The Balaban J connectivity index is 2.26. The van der Waals surface area contributed by atoms with Crippen LogP contribution in [0.4, 0.5) is 5.69 Å². The van der Waals surface area contributed by atoms with Crippen LogP contribution in [0.25, 0.3) is 0 Å². The number of anilines is 1. The molecule has 0 fully saturated rings. The average Bonchev–Trinajstić information content (AvgIpc) is 2.50. The molecule has 0 aliphatic carbocycles. The average molecular weight is 291 g/mol. The van der Waals surface area contributed by atoms with Crippen LogP contribution in [0.1, 0.15) is 58.8 Å². The van der Waals surface area contributed by atoms with Gasteiger partial charge >= 0.3 is 0 Å². The molecule has 118 valence electrons. The van der Waals surface area contributed by atoms with Crippen LogP contribution >= 0.6 is 0 Å². The Bertz CT molecular complexity index is 378. The molecule has 1 aromatic carbocycles. The van der Waals surface area contributed by atoms with Gasteiger partial charge in [0.1, 0.15) is 6.61 Å². The van der Waals surface area contributed by atoms with E-state index in [1.807, 2.05) is 30.3 Å². The molecule has 1 unspecified atom stereocenters. The largest absolute Gasteiger partial charge is 0.368 e. The van der Waals surface area contributed by atoms with E-state index >= 15 is 0 Å². The summed E-state index contributed by atoms with van der Waals surface area (Å²) in [5, 5.41) is 2.85. The summed E-state index contributed by atoms with van der Waals surface area (Å²) in [6, 6.07) is 9.51. The molecule has 1 aromatic rings. The van der Waals surface area contributed by atoms with Gasteiger partial charge in [-0.1, -0.05) is 64.2 Å². The molecule has 1 amide bonds. The van der Waals surface area contributed by atoms with Crippen molar-refractivity contribution in [2.75, 3.05) is 11.9 Å². The molecular weight excluding hydrogens is 262 g/mol. The van der Waals surface area contributed by atoms with Gasteiger partial charge in [0.2, 0.25) is 5.91 Å². The number of amides is 1. The fraction of sp³-hybridized carbons (Fsp3) is 0.611. The van der Waals surface area contributed by atoms with Gasteiger partial charge < -0.3 is 10.1 Å². The standard InChI is InChI=1S/C18H29NO2/c1-3-5-6-10-14-17(11-4-2)21-15-18(20)19-16-12-8-7-9-13-16/h7-9,12-13,17H,3-6,10-11,14-15H2,1-2H3,(H,19,20). The van der Waals surface area contributed by atoms with Gasteiger partial charge in [-0.2, -0.15) is 0 Å². The van der Waals surface area contributed by atoms with E-state index in [2.05, 4.69) is 19.2 Å². The van der Waals surface area contributed by atoms with E-state index < -0.39 is 0 Å². The van der Waals surface area contributed by atoms with Gasteiger partial charge in [0.25, 0.3) is 0 Å². The van der Waals surface area contributed by atoms with Crippen molar-refractivity contribution in [3.63, 3.8) is 0 Å². The number of hydrogen-bond donors (Lipinski definition) is 1. The molecule has 1 N–H and O–H groups in total. The van der Waals surface area contributed by atoms with E-state index in [-0.39, 0.29) is 18.6 Å². The van der Waals surface area contributed by atoms with Crippen LogP contribution < -0.4 is 5.32 Å². The third-order valence-corrected chi connectivity index (χ3v) is 3.50. The Morgan fingerprint density at radius 1 is 1.05 bits per heavy atom. The predicted octanol–water partition coefficient (Wildman–Crippen LogP) is 4.78. The smallest absolute Gasteiger partial charge is 0.250 e. The highest BCUT2D eigenvalue weighted by molar-refractivity contribution is 5.91. The molecule has 0 aromatic heterocycles. The van der Waals surface area contributed by atoms with E-state index in [4.69, 9.17) is 4.74 Å². The highest BCUT2D eigenvalue weighted by atomic mass is 16.5. The molecule has 0 radical (unpaired) electrons. The van der Waals surface area contributed by atoms with E-state index in [1.54, 1.807) is 0 Å². The Morgan fingerprint density at radius 2 is 1.81 bits per heavy atom. The predicted molar refractivity (Wildman–Crippen MR) is 88.5 cm³/mol. The number of carbonyl (C=O) groups is 1. The maximum Gasteiger partial charge on any atom is 0.250 e. The number of rotatable bonds is 11. The van der Waals surface area contributed by atoms with Gasteiger partial charge in [-0.3, -0.25) is 4.79 Å². The third-order valence-electron chi connectivity index (χ3n) is 3.50. The number of para-hydroxylation sites is 1. The summed E-state index contributed by atoms with van der Waals surface area (Å²) in [6.07, 6.45) is 8.39. The molecule has 0 saturated carbocycles. The third kappa shape index (κ3) is 8.51. The number of carbonyl (C=O) groups excluding carboxylic acids is 1. The molecule has 3 nitrogen and oxygen atoms in total. The molecule has 0 aliphatic heterocycles. The summed E-state index contributed by atoms with van der Waals surface area (Å²) in [4.78, 5) is 11.9. The summed E-state index contributed by atoms with van der Waals surface area (Å²) >= 11 is 0. The van der Waals surface area contributed by atoms with Crippen LogP contribution in [0.15, 0.2) is 30.3 Å². The summed E-state index contributed by atoms with van der Waals surface area (Å²) in [7, 11) is 0. The van der Waals surface area contributed by atoms with Crippen molar-refractivity contribution >= 4 is 11.6 Å². The SMILES string of the molecule is CCCCCCC(CCC)OCC(=O)Nc1ccccc1. The van der Waals surface area contributed by atoms with Crippen molar-refractivity contribution < 1.29 is 9.53 Å². The van der Waals surface area contributed by atoms with Gasteiger partial charge in [0.05, 0.1) is 6.10 Å². The number of benzene rings is 1. The van der Waals surface area contributed by atoms with E-state index in [0.717, 1.165) is 24.9 Å². The highest BCUT2D eigenvalue weighted by Crippen LogP contribution is 2.13. The van der Waals surface area contributed by atoms with Crippen LogP contribution in [0.5, 0.6) is 0 Å². The minimum absolute atomic E-state index is 0.0733.